The summed E-state index contributed by atoms with van der Waals surface area (Å²) in [6.45, 7) is 2.79. The zero-order valence-electron chi connectivity index (χ0n) is 12.9. The Hall–Kier alpha value is -2.63. The number of pyridine rings is 1. The predicted octanol–water partition coefficient (Wildman–Crippen LogP) is 2.42. The SMILES string of the molecule is c1cc(OCC2CCN(c3ccc4nccn4n3)CC2)ccn1. The molecule has 0 spiro atoms. The van der Waals surface area contributed by atoms with Crippen LogP contribution in [0.5, 0.6) is 5.75 Å². The molecule has 4 rings (SSSR count). The van der Waals surface area contributed by atoms with Crippen molar-refractivity contribution < 1.29 is 4.74 Å². The van der Waals surface area contributed by atoms with Gasteiger partial charge in [0.2, 0.25) is 0 Å². The third-order valence-electron chi connectivity index (χ3n) is 4.32. The molecule has 0 amide bonds. The van der Waals surface area contributed by atoms with Gasteiger partial charge in [0.1, 0.15) is 11.6 Å². The van der Waals surface area contributed by atoms with Crippen molar-refractivity contribution >= 4 is 11.5 Å². The van der Waals surface area contributed by atoms with Crippen LogP contribution in [-0.2, 0) is 0 Å². The smallest absolute Gasteiger partial charge is 0.153 e. The molecule has 6 heteroatoms. The number of imidazole rings is 1. The third-order valence-corrected chi connectivity index (χ3v) is 4.32. The molecule has 0 saturated carbocycles. The second kappa shape index (κ2) is 6.24. The molecule has 4 heterocycles. The maximum atomic E-state index is 5.85. The van der Waals surface area contributed by atoms with Gasteiger partial charge in [-0.25, -0.2) is 9.50 Å². The molecule has 0 bridgehead atoms. The number of nitrogens with zero attached hydrogens (tertiary/aromatic N) is 5. The van der Waals surface area contributed by atoms with Gasteiger partial charge in [-0.3, -0.25) is 4.98 Å². The molecular weight excluding hydrogens is 290 g/mol. The lowest BCUT2D eigenvalue weighted by molar-refractivity contribution is 0.222. The van der Waals surface area contributed by atoms with Gasteiger partial charge in [-0.05, 0) is 43.0 Å². The van der Waals surface area contributed by atoms with E-state index in [1.807, 2.05) is 28.9 Å². The van der Waals surface area contributed by atoms with Crippen LogP contribution >= 0.6 is 0 Å². The molecule has 1 fully saturated rings. The number of hydrogen-bond donors (Lipinski definition) is 0. The van der Waals surface area contributed by atoms with Crippen LogP contribution in [0, 0.1) is 5.92 Å². The van der Waals surface area contributed by atoms with Gasteiger partial charge in [-0.2, -0.15) is 0 Å². The highest BCUT2D eigenvalue weighted by molar-refractivity contribution is 5.45. The quantitative estimate of drug-likeness (QED) is 0.741. The van der Waals surface area contributed by atoms with E-state index in [9.17, 15) is 0 Å². The van der Waals surface area contributed by atoms with Crippen molar-refractivity contribution in [2.75, 3.05) is 24.6 Å². The lowest BCUT2D eigenvalue weighted by Crippen LogP contribution is -2.36. The summed E-state index contributed by atoms with van der Waals surface area (Å²) >= 11 is 0. The van der Waals surface area contributed by atoms with Crippen LogP contribution in [0.2, 0.25) is 0 Å². The Balaban J connectivity index is 1.33. The van der Waals surface area contributed by atoms with Gasteiger partial charge in [0, 0.05) is 37.9 Å². The van der Waals surface area contributed by atoms with E-state index < -0.39 is 0 Å². The minimum absolute atomic E-state index is 0.594. The van der Waals surface area contributed by atoms with Crippen LogP contribution in [0.15, 0.2) is 49.1 Å². The second-order valence-corrected chi connectivity index (χ2v) is 5.85. The highest BCUT2D eigenvalue weighted by Crippen LogP contribution is 2.23. The van der Waals surface area contributed by atoms with E-state index in [4.69, 9.17) is 4.74 Å². The first-order valence-corrected chi connectivity index (χ1v) is 7.97. The van der Waals surface area contributed by atoms with E-state index in [1.54, 1.807) is 18.6 Å². The number of aromatic nitrogens is 4. The number of anilines is 1. The molecule has 1 aliphatic heterocycles. The fourth-order valence-electron chi connectivity index (χ4n) is 2.95. The summed E-state index contributed by atoms with van der Waals surface area (Å²) in [6.07, 6.45) is 9.41. The summed E-state index contributed by atoms with van der Waals surface area (Å²) in [7, 11) is 0. The molecule has 0 aromatic carbocycles. The van der Waals surface area contributed by atoms with Crippen molar-refractivity contribution in [1.29, 1.82) is 0 Å². The van der Waals surface area contributed by atoms with Gasteiger partial charge in [-0.15, -0.1) is 5.10 Å². The Morgan fingerprint density at radius 2 is 1.87 bits per heavy atom. The minimum Gasteiger partial charge on any atom is -0.493 e. The van der Waals surface area contributed by atoms with E-state index in [1.165, 1.54) is 0 Å². The molecule has 23 heavy (non-hydrogen) atoms. The molecule has 1 aliphatic rings. The van der Waals surface area contributed by atoms with Gasteiger partial charge in [0.15, 0.2) is 5.65 Å². The number of ether oxygens (including phenoxy) is 1. The fraction of sp³-hybridized carbons (Fsp3) is 0.353. The van der Waals surface area contributed by atoms with E-state index in [0.717, 1.165) is 49.8 Å². The minimum atomic E-state index is 0.594. The monoisotopic (exact) mass is 309 g/mol. The molecule has 0 N–H and O–H groups in total. The largest absolute Gasteiger partial charge is 0.493 e. The molecule has 0 unspecified atom stereocenters. The topological polar surface area (TPSA) is 55.5 Å². The number of piperidine rings is 1. The summed E-state index contributed by atoms with van der Waals surface area (Å²) in [5, 5.41) is 4.62. The van der Waals surface area contributed by atoms with E-state index >= 15 is 0 Å². The first kappa shape index (κ1) is 14.0. The molecule has 3 aromatic rings. The highest BCUT2D eigenvalue weighted by Gasteiger charge is 2.21. The molecular formula is C17H19N5O. The average molecular weight is 309 g/mol. The van der Waals surface area contributed by atoms with Gasteiger partial charge >= 0.3 is 0 Å². The van der Waals surface area contributed by atoms with E-state index in [2.05, 4.69) is 26.0 Å². The number of fused-ring (bicyclic) bond motifs is 1. The molecule has 0 aliphatic carbocycles. The normalized spacial score (nSPS) is 15.9. The predicted molar refractivity (Wildman–Crippen MR) is 87.7 cm³/mol. The number of hydrogen-bond acceptors (Lipinski definition) is 5. The molecule has 118 valence electrons. The van der Waals surface area contributed by atoms with Crippen molar-refractivity contribution in [3.05, 3.63) is 49.1 Å². The van der Waals surface area contributed by atoms with Gasteiger partial charge in [0.25, 0.3) is 0 Å². The zero-order chi connectivity index (χ0) is 15.5. The maximum Gasteiger partial charge on any atom is 0.153 e. The van der Waals surface area contributed by atoms with Crippen LogP contribution in [0.1, 0.15) is 12.8 Å². The number of rotatable bonds is 4. The first-order chi connectivity index (χ1) is 11.4. The maximum absolute atomic E-state index is 5.85. The summed E-state index contributed by atoms with van der Waals surface area (Å²) < 4.78 is 7.67. The first-order valence-electron chi connectivity index (χ1n) is 7.97. The Bertz CT molecular complexity index is 765. The lowest BCUT2D eigenvalue weighted by Gasteiger charge is -2.32. The zero-order valence-corrected chi connectivity index (χ0v) is 12.9. The fourth-order valence-corrected chi connectivity index (χ4v) is 2.95. The van der Waals surface area contributed by atoms with Crippen LogP contribution in [0.4, 0.5) is 5.82 Å². The van der Waals surface area contributed by atoms with E-state index in [0.29, 0.717) is 5.92 Å². The average Bonchev–Trinajstić information content (AvgIpc) is 3.09. The second-order valence-electron chi connectivity index (χ2n) is 5.85. The van der Waals surface area contributed by atoms with Gasteiger partial charge in [0.05, 0.1) is 6.61 Å². The van der Waals surface area contributed by atoms with Gasteiger partial charge in [-0.1, -0.05) is 0 Å². The molecule has 3 aromatic heterocycles. The van der Waals surface area contributed by atoms with E-state index in [-0.39, 0.29) is 0 Å². The summed E-state index contributed by atoms with van der Waals surface area (Å²) in [4.78, 5) is 10.6. The Morgan fingerprint density at radius 3 is 2.70 bits per heavy atom. The van der Waals surface area contributed by atoms with Crippen molar-refractivity contribution in [1.82, 2.24) is 19.6 Å². The molecule has 0 radical (unpaired) electrons. The lowest BCUT2D eigenvalue weighted by atomic mass is 9.98. The highest BCUT2D eigenvalue weighted by atomic mass is 16.5. The third kappa shape index (κ3) is 3.11. The van der Waals surface area contributed by atoms with Crippen LogP contribution in [-0.4, -0.2) is 39.3 Å². The Morgan fingerprint density at radius 1 is 1.04 bits per heavy atom. The van der Waals surface area contributed by atoms with Gasteiger partial charge < -0.3 is 9.64 Å². The van der Waals surface area contributed by atoms with Crippen molar-refractivity contribution in [3.8, 4) is 5.75 Å². The van der Waals surface area contributed by atoms with Crippen molar-refractivity contribution in [3.63, 3.8) is 0 Å². The summed E-state index contributed by atoms with van der Waals surface area (Å²) in [5.41, 5.74) is 0.884. The van der Waals surface area contributed by atoms with Crippen molar-refractivity contribution in [2.45, 2.75) is 12.8 Å². The molecule has 1 saturated heterocycles. The molecule has 6 nitrogen and oxygen atoms in total. The summed E-state index contributed by atoms with van der Waals surface area (Å²) in [6, 6.07) is 7.87. The van der Waals surface area contributed by atoms with Crippen LogP contribution in [0.25, 0.3) is 5.65 Å². The van der Waals surface area contributed by atoms with Crippen LogP contribution < -0.4 is 9.64 Å². The standard InChI is InChI=1S/C17H19N5O/c1-2-17(20-22-12-9-19-16(1)22)21-10-5-14(6-11-21)13-23-15-3-7-18-8-4-15/h1-4,7-9,12,14H,5-6,10-11,13H2. The summed E-state index contributed by atoms with van der Waals surface area (Å²) in [5.74, 6) is 2.51. The molecule has 0 atom stereocenters. The van der Waals surface area contributed by atoms with Crippen molar-refractivity contribution in [2.24, 2.45) is 5.92 Å². The Kier molecular flexibility index (Phi) is 3.80. The van der Waals surface area contributed by atoms with Crippen LogP contribution in [0.3, 0.4) is 0 Å². The Labute approximate surface area is 134 Å².